The minimum absolute atomic E-state index is 0.0205. The molecule has 0 spiro atoms. The molecule has 3 fully saturated rings. The van der Waals surface area contributed by atoms with E-state index in [-0.39, 0.29) is 36.9 Å². The molecule has 592 valence electrons. The maximum atomic E-state index is 13.3. The molecule has 3 aliphatic rings. The summed E-state index contributed by atoms with van der Waals surface area (Å²) in [4.78, 5) is 111. The maximum Gasteiger partial charge on any atom is 0.436 e. The number of aryl methyl sites for hydroxylation is 1. The number of methoxy groups -OCH3 is 2. The van der Waals surface area contributed by atoms with E-state index in [4.69, 9.17) is 60.8 Å². The summed E-state index contributed by atoms with van der Waals surface area (Å²) in [6, 6.07) is 20.5. The largest absolute Gasteiger partial charge is 0.497 e. The number of hydrogen-bond donors (Lipinski definition) is 5. The van der Waals surface area contributed by atoms with Crippen LogP contribution in [0.1, 0.15) is 138 Å². The Morgan fingerprint density at radius 3 is 1.02 bits per heavy atom. The Balaban J connectivity index is 0.000000672. The summed E-state index contributed by atoms with van der Waals surface area (Å²) in [6.07, 6.45) is -21.8. The van der Waals surface area contributed by atoms with Gasteiger partial charge in [0.15, 0.2) is 0 Å². The number of aliphatic hydroxyl groups excluding tert-OH is 2. The number of aliphatic hydroxyl groups is 2. The Hall–Kier alpha value is -9.45. The van der Waals surface area contributed by atoms with E-state index in [9.17, 15) is 101 Å². The molecule has 0 saturated heterocycles. The molecule has 37 heteroatoms. The monoisotopic (exact) mass is 1560 g/mol. The second-order valence-electron chi connectivity index (χ2n) is 23.1. The molecule has 4 atom stereocenters. The van der Waals surface area contributed by atoms with Crippen LogP contribution >= 0.6 is 11.6 Å². The van der Waals surface area contributed by atoms with E-state index in [1.54, 1.807) is 24.3 Å². The summed E-state index contributed by atoms with van der Waals surface area (Å²) < 4.78 is 188. The van der Waals surface area contributed by atoms with Crippen LogP contribution in [0.15, 0.2) is 109 Å². The van der Waals surface area contributed by atoms with Crippen LogP contribution < -0.4 is 9.47 Å². The van der Waals surface area contributed by atoms with Crippen molar-refractivity contribution in [1.82, 2.24) is 0 Å². The van der Waals surface area contributed by atoms with Crippen LogP contribution in [0.5, 0.6) is 11.5 Å². The molecular weight excluding hydrogens is 1480 g/mol. The number of aliphatic carboxylic acids is 3. The smallest absolute Gasteiger partial charge is 0.436 e. The van der Waals surface area contributed by atoms with Gasteiger partial charge in [-0.2, -0.15) is 52.7 Å². The van der Waals surface area contributed by atoms with Crippen molar-refractivity contribution in [2.75, 3.05) is 14.2 Å². The molecule has 4 unspecified atom stereocenters. The molecule has 0 bridgehead atoms. The first kappa shape index (κ1) is 94.6. The number of carboxylic acids is 3. The molecule has 3 aromatic rings. The lowest BCUT2D eigenvalue weighted by Crippen LogP contribution is -2.42. The van der Waals surface area contributed by atoms with E-state index >= 15 is 0 Å². The lowest BCUT2D eigenvalue weighted by Gasteiger charge is -2.22. The lowest BCUT2D eigenvalue weighted by molar-refractivity contribution is -0.229. The van der Waals surface area contributed by atoms with Gasteiger partial charge in [0.25, 0.3) is 12.2 Å². The molecule has 0 aromatic heterocycles. The number of carbonyl (C=O) groups is 10. The van der Waals surface area contributed by atoms with Gasteiger partial charge in [0.05, 0.1) is 33.5 Å². The Morgan fingerprint density at radius 2 is 0.745 bits per heavy atom. The summed E-state index contributed by atoms with van der Waals surface area (Å²) in [5.74, 6) is -12.8. The molecule has 3 aliphatic carbocycles. The number of alkyl halides is 13. The average molecular weight is 1560 g/mol. The van der Waals surface area contributed by atoms with Gasteiger partial charge in [0, 0.05) is 22.6 Å². The van der Waals surface area contributed by atoms with Crippen molar-refractivity contribution in [3.63, 3.8) is 0 Å². The standard InChI is InChI=1S/C22H25F3O7.C14H17F3O6.C11H11F3O4.C11H16O4.C8H9Cl.C3H3F3O3/c1-14(12-18(26)31-17-6-4-3-5-7-17)20(27)32-19(22(23,24)25)21(28)30-13-15-8-10-16(29-2)11-9-15;1-8(7-10(18)22-9-5-3-2-4-6-9)13(21)23-11(12(19)20)14(15,16)17;1-17-8-4-2-7(3-5-8)6-18-10(16)9(15)11(12,13)14;1-8(11(13)14)7-10(12)15-9-5-3-2-4-6-9;1-7-2-4-8(6-9)5-3-7;4-3(5,6)1(7)2(8)9/h8-11,17,19H,1,3-7,12-13H2,2H3;9,11H,1-7H2,(H,19,20);2-5,9,15H,6H2,1H3;9H,1-7H2,(H,13,14);2-5H,6H2,1H3;1,7H,(H,8,9). The van der Waals surface area contributed by atoms with Crippen molar-refractivity contribution in [2.24, 2.45) is 0 Å². The number of ether oxygens (including phenoxy) is 9. The van der Waals surface area contributed by atoms with Gasteiger partial charge in [-0.15, -0.1) is 11.6 Å². The third-order valence-corrected chi connectivity index (χ3v) is 14.7. The lowest BCUT2D eigenvalue weighted by atomic mass is 9.98. The minimum atomic E-state index is -5.26. The predicted octanol–water partition coefficient (Wildman–Crippen LogP) is 12.7. The van der Waals surface area contributed by atoms with Crippen molar-refractivity contribution in [2.45, 2.75) is 209 Å². The van der Waals surface area contributed by atoms with Crippen LogP contribution in [0, 0.1) is 6.92 Å². The average Bonchev–Trinajstić information content (AvgIpc) is 0.847. The third kappa shape index (κ3) is 39.6. The topological polar surface area (TPSA) is 355 Å². The van der Waals surface area contributed by atoms with Gasteiger partial charge in [-0.25, -0.2) is 33.6 Å². The highest BCUT2D eigenvalue weighted by molar-refractivity contribution is 6.17. The maximum absolute atomic E-state index is 13.3. The molecule has 3 saturated carbocycles. The Bertz CT molecular complexity index is 3320. The minimum Gasteiger partial charge on any atom is -0.497 e. The van der Waals surface area contributed by atoms with Gasteiger partial charge in [-0.1, -0.05) is 93.1 Å². The van der Waals surface area contributed by atoms with Gasteiger partial charge in [0.2, 0.25) is 12.2 Å². The van der Waals surface area contributed by atoms with Gasteiger partial charge >= 0.3 is 84.4 Å². The van der Waals surface area contributed by atoms with Crippen LogP contribution in [-0.4, -0.2) is 167 Å². The molecular formula is C69H81ClF12O24. The number of benzene rings is 3. The van der Waals surface area contributed by atoms with E-state index in [1.165, 1.54) is 56.0 Å². The van der Waals surface area contributed by atoms with E-state index in [0.717, 1.165) is 64.2 Å². The zero-order valence-corrected chi connectivity index (χ0v) is 58.1. The summed E-state index contributed by atoms with van der Waals surface area (Å²) in [6.45, 7) is 11.0. The Labute approximate surface area is 604 Å². The van der Waals surface area contributed by atoms with Crippen molar-refractivity contribution < 1.29 is 169 Å². The fraction of sp³-hybridized carbons (Fsp3) is 0.507. The number of carboxylic acid groups (broad SMARTS) is 3. The predicted molar refractivity (Wildman–Crippen MR) is 345 cm³/mol. The first-order valence-electron chi connectivity index (χ1n) is 31.9. The highest BCUT2D eigenvalue weighted by Gasteiger charge is 2.51. The normalized spacial score (nSPS) is 15.1. The number of carbonyl (C=O) groups excluding carboxylic acids is 7. The SMILES string of the molecule is C=C(CC(=O)OC1CCCCC1)C(=O)O.C=C(CC(=O)OC1CCCCC1)C(=O)OC(C(=O)O)C(F)(F)F.C=C(CC(=O)OC1CCCCC1)C(=O)OC(C(=O)OCc1ccc(OC)cc1)C(F)(F)F.COc1ccc(COC(=O)C(O)C(F)(F)F)cc1.Cc1ccc(CCl)cc1.O=C(O)C(O)C(F)(F)F. The van der Waals surface area contributed by atoms with E-state index < -0.39 is 139 Å². The van der Waals surface area contributed by atoms with Crippen LogP contribution in [0.3, 0.4) is 0 Å². The van der Waals surface area contributed by atoms with Crippen LogP contribution in [0.4, 0.5) is 52.7 Å². The number of halogens is 13. The molecule has 106 heavy (non-hydrogen) atoms. The highest BCUT2D eigenvalue weighted by Crippen LogP contribution is 2.30. The summed E-state index contributed by atoms with van der Waals surface area (Å²) >= 11 is 5.58. The molecule has 5 N–H and O–H groups in total. The zero-order valence-electron chi connectivity index (χ0n) is 57.3. The van der Waals surface area contributed by atoms with Crippen molar-refractivity contribution >= 4 is 71.3 Å². The molecule has 0 radical (unpaired) electrons. The summed E-state index contributed by atoms with van der Waals surface area (Å²) in [5.41, 5.74) is 2.09. The fourth-order valence-corrected chi connectivity index (χ4v) is 8.90. The first-order valence-corrected chi connectivity index (χ1v) is 32.4. The van der Waals surface area contributed by atoms with Gasteiger partial charge in [-0.05, 0) is 125 Å². The molecule has 6 rings (SSSR count). The van der Waals surface area contributed by atoms with E-state index in [0.29, 0.717) is 54.2 Å². The summed E-state index contributed by atoms with van der Waals surface area (Å²) in [7, 11) is 2.91. The molecule has 0 aliphatic heterocycles. The first-order chi connectivity index (χ1) is 49.3. The van der Waals surface area contributed by atoms with Crippen LogP contribution in [-0.2, 0) is 100 Å². The number of hydrogen-bond acceptors (Lipinski definition) is 21. The number of rotatable bonds is 25. The zero-order chi connectivity index (χ0) is 80.7. The molecule has 0 heterocycles. The van der Waals surface area contributed by atoms with E-state index in [1.807, 2.05) is 12.1 Å². The van der Waals surface area contributed by atoms with Crippen molar-refractivity contribution in [3.8, 4) is 11.5 Å². The fourth-order valence-electron chi connectivity index (χ4n) is 8.72. The molecule has 0 amide bonds. The summed E-state index contributed by atoms with van der Waals surface area (Å²) in [5, 5.41) is 40.8. The second kappa shape index (κ2) is 47.2. The van der Waals surface area contributed by atoms with Crippen LogP contribution in [0.2, 0.25) is 0 Å². The van der Waals surface area contributed by atoms with Gasteiger partial charge in [-0.3, -0.25) is 14.4 Å². The van der Waals surface area contributed by atoms with Gasteiger partial charge < -0.3 is 68.2 Å². The Kier molecular flexibility index (Phi) is 42.1. The molecule has 3 aromatic carbocycles. The molecule has 24 nitrogen and oxygen atoms in total. The quantitative estimate of drug-likeness (QED) is 0.0173. The van der Waals surface area contributed by atoms with Crippen molar-refractivity contribution in [1.29, 1.82) is 0 Å². The third-order valence-electron chi connectivity index (χ3n) is 14.4. The highest BCUT2D eigenvalue weighted by atomic mass is 35.5. The van der Waals surface area contributed by atoms with E-state index in [2.05, 4.69) is 57.7 Å². The second-order valence-corrected chi connectivity index (χ2v) is 23.4. The number of esters is 7. The Morgan fingerprint density at radius 1 is 0.434 bits per heavy atom. The van der Waals surface area contributed by atoms with Crippen molar-refractivity contribution in [3.05, 3.63) is 132 Å². The van der Waals surface area contributed by atoms with Crippen LogP contribution in [0.25, 0.3) is 0 Å². The van der Waals surface area contributed by atoms with Gasteiger partial charge in [0.1, 0.15) is 43.0 Å².